The lowest BCUT2D eigenvalue weighted by molar-refractivity contribution is 0.00578. The van der Waals surface area contributed by atoms with Crippen molar-refractivity contribution in [2.24, 2.45) is 0 Å². The Balaban J connectivity index is 1.40. The predicted octanol–water partition coefficient (Wildman–Crippen LogP) is 5.36. The lowest BCUT2D eigenvalue weighted by atomic mass is 9.78. The van der Waals surface area contributed by atoms with Crippen molar-refractivity contribution >= 4 is 58.0 Å². The summed E-state index contributed by atoms with van der Waals surface area (Å²) in [5.74, 6) is 0.398. The van der Waals surface area contributed by atoms with Crippen LogP contribution in [0, 0.1) is 0 Å². The summed E-state index contributed by atoms with van der Waals surface area (Å²) in [4.78, 5) is 23.5. The topological polar surface area (TPSA) is 101 Å². The summed E-state index contributed by atoms with van der Waals surface area (Å²) in [7, 11) is -0.479. The highest BCUT2D eigenvalue weighted by Gasteiger charge is 2.51. The fraction of sp³-hybridized carbons (Fsp3) is 0.556. The summed E-state index contributed by atoms with van der Waals surface area (Å²) >= 11 is 2.32. The van der Waals surface area contributed by atoms with E-state index < -0.39 is 23.9 Å². The zero-order valence-corrected chi connectivity index (χ0v) is 27.2. The number of likely N-dealkylation sites (tertiary alicyclic amines) is 1. The first-order chi connectivity index (χ1) is 18.8. The zero-order valence-electron chi connectivity index (χ0n) is 24.0. The molecule has 10 nitrogen and oxygen atoms in total. The Morgan fingerprint density at radius 1 is 1.18 bits per heavy atom. The van der Waals surface area contributed by atoms with Gasteiger partial charge in [0.25, 0.3) is 0 Å². The lowest BCUT2D eigenvalue weighted by Crippen LogP contribution is -2.46. The van der Waals surface area contributed by atoms with Crippen LogP contribution in [0.5, 0.6) is 5.88 Å². The number of fused-ring (bicyclic) bond motifs is 1. The van der Waals surface area contributed by atoms with Crippen molar-refractivity contribution < 1.29 is 23.6 Å². The molecule has 4 heterocycles. The molecule has 2 atom stereocenters. The molecule has 2 fully saturated rings. The van der Waals surface area contributed by atoms with Gasteiger partial charge >= 0.3 is 13.2 Å². The van der Waals surface area contributed by atoms with Gasteiger partial charge in [-0.15, -0.1) is 0 Å². The van der Waals surface area contributed by atoms with Crippen LogP contribution in [-0.4, -0.2) is 73.6 Å². The smallest absolute Gasteiger partial charge is 0.471 e. The van der Waals surface area contributed by atoms with Crippen LogP contribution in [0.25, 0.3) is 22.3 Å². The number of halogens is 1. The molecule has 2 unspecified atom stereocenters. The van der Waals surface area contributed by atoms with Crippen molar-refractivity contribution in [1.82, 2.24) is 24.4 Å². The number of aromatic nitrogens is 4. The standard InChI is InChI=1S/C27H36BIN5O5P/c1-25(2,3)37-24(35)33-12-8-9-18(16-33)36-22-15-30-14-20(31-22)23-19-13-17(10-11-21(19)34(32-23)40-29)28-38-26(4,5)27(6,7)39-28/h10-11,13-15,18,40H,8-9,12,16H2,1-7H3. The van der Waals surface area contributed by atoms with Crippen LogP contribution >= 0.6 is 28.4 Å². The quantitative estimate of drug-likeness (QED) is 0.202. The summed E-state index contributed by atoms with van der Waals surface area (Å²) in [6.45, 7) is 14.9. The molecule has 0 bridgehead atoms. The van der Waals surface area contributed by atoms with E-state index in [0.717, 1.165) is 34.9 Å². The number of hydrogen-bond acceptors (Lipinski definition) is 8. The van der Waals surface area contributed by atoms with Gasteiger partial charge in [-0.1, -0.05) is 12.1 Å². The third-order valence-corrected chi connectivity index (χ3v) is 9.35. The minimum Gasteiger partial charge on any atom is -0.471 e. The molecule has 2 aromatic heterocycles. The highest BCUT2D eigenvalue weighted by Crippen LogP contribution is 2.38. The fourth-order valence-corrected chi connectivity index (χ4v) is 6.26. The highest BCUT2D eigenvalue weighted by molar-refractivity contribution is 14.2. The van der Waals surface area contributed by atoms with Crippen molar-refractivity contribution in [2.45, 2.75) is 84.2 Å². The van der Waals surface area contributed by atoms with Gasteiger partial charge in [0.2, 0.25) is 5.88 Å². The summed E-state index contributed by atoms with van der Waals surface area (Å²) in [6, 6.07) is 6.16. The molecule has 1 aromatic carbocycles. The van der Waals surface area contributed by atoms with Crippen LogP contribution in [0.2, 0.25) is 0 Å². The average Bonchev–Trinajstić information content (AvgIpc) is 3.35. The molecule has 0 aliphatic carbocycles. The Bertz CT molecular complexity index is 1400. The molecule has 214 valence electrons. The lowest BCUT2D eigenvalue weighted by Gasteiger charge is -2.33. The Labute approximate surface area is 250 Å². The Morgan fingerprint density at radius 2 is 1.90 bits per heavy atom. The molecule has 40 heavy (non-hydrogen) atoms. The summed E-state index contributed by atoms with van der Waals surface area (Å²) in [5.41, 5.74) is 1.84. The third kappa shape index (κ3) is 6.10. The van der Waals surface area contributed by atoms with Gasteiger partial charge in [-0.2, -0.15) is 5.10 Å². The molecule has 0 radical (unpaired) electrons. The molecule has 13 heteroatoms. The Kier molecular flexibility index (Phi) is 8.11. The van der Waals surface area contributed by atoms with Crippen molar-refractivity contribution in [3.8, 4) is 17.3 Å². The van der Waals surface area contributed by atoms with Gasteiger partial charge in [-0.05, 0) is 94.9 Å². The monoisotopic (exact) mass is 679 g/mol. The molecular weight excluding hydrogens is 643 g/mol. The van der Waals surface area contributed by atoms with E-state index in [1.165, 1.54) is 0 Å². The van der Waals surface area contributed by atoms with E-state index in [2.05, 4.69) is 39.2 Å². The van der Waals surface area contributed by atoms with Crippen LogP contribution in [0.3, 0.4) is 0 Å². The number of benzene rings is 1. The van der Waals surface area contributed by atoms with Crippen LogP contribution in [0.4, 0.5) is 4.79 Å². The molecule has 0 spiro atoms. The second kappa shape index (κ2) is 11.0. The van der Waals surface area contributed by atoms with E-state index in [0.29, 0.717) is 31.0 Å². The van der Waals surface area contributed by atoms with E-state index in [1.54, 1.807) is 17.3 Å². The van der Waals surface area contributed by atoms with E-state index >= 15 is 0 Å². The first kappa shape index (κ1) is 29.5. The molecule has 2 aliphatic heterocycles. The molecule has 1 amide bonds. The van der Waals surface area contributed by atoms with Crippen molar-refractivity contribution in [3.63, 3.8) is 0 Å². The number of rotatable bonds is 5. The first-order valence-corrected chi connectivity index (χ1v) is 17.5. The number of carbonyl (C=O) groups is 1. The maximum Gasteiger partial charge on any atom is 0.494 e. The van der Waals surface area contributed by atoms with Crippen LogP contribution in [0.1, 0.15) is 61.3 Å². The number of piperidine rings is 1. The molecule has 2 aliphatic rings. The zero-order chi connectivity index (χ0) is 28.9. The maximum atomic E-state index is 12.6. The summed E-state index contributed by atoms with van der Waals surface area (Å²) in [6.07, 6.45) is 4.82. The van der Waals surface area contributed by atoms with E-state index in [1.807, 2.05) is 59.0 Å². The van der Waals surface area contributed by atoms with Gasteiger partial charge in [0.15, 0.2) is 0 Å². The second-order valence-corrected chi connectivity index (χ2v) is 14.3. The highest BCUT2D eigenvalue weighted by atomic mass is 127. The fourth-order valence-electron chi connectivity index (χ4n) is 4.73. The van der Waals surface area contributed by atoms with Crippen LogP contribution in [-0.2, 0) is 14.0 Å². The van der Waals surface area contributed by atoms with Crippen molar-refractivity contribution in [3.05, 3.63) is 30.6 Å². The van der Waals surface area contributed by atoms with E-state index in [-0.39, 0.29) is 12.2 Å². The first-order valence-electron chi connectivity index (χ1n) is 13.5. The van der Waals surface area contributed by atoms with Crippen molar-refractivity contribution in [2.75, 3.05) is 13.1 Å². The third-order valence-electron chi connectivity index (χ3n) is 7.48. The minimum absolute atomic E-state index is 0.203. The van der Waals surface area contributed by atoms with E-state index in [9.17, 15) is 4.79 Å². The van der Waals surface area contributed by atoms with Crippen LogP contribution in [0.15, 0.2) is 30.6 Å². The SMILES string of the molecule is CC(C)(C)OC(=O)N1CCCC(Oc2cncc(-c3nn(PI)c4ccc(B5OC(C)(C)C(C)(C)O5)cc34)n2)C1. The normalized spacial score (nSPS) is 20.9. The predicted molar refractivity (Wildman–Crippen MR) is 166 cm³/mol. The Hall–Kier alpha value is -2.02. The molecular formula is C27H36BIN5O5P. The number of nitrogens with zero attached hydrogens (tertiary/aromatic N) is 5. The molecule has 0 saturated carbocycles. The van der Waals surface area contributed by atoms with Gasteiger partial charge in [0.1, 0.15) is 23.1 Å². The largest absolute Gasteiger partial charge is 0.494 e. The average molecular weight is 679 g/mol. The van der Waals surface area contributed by atoms with Crippen LogP contribution < -0.4 is 10.2 Å². The number of carbonyl (C=O) groups excluding carboxylic acids is 1. The molecule has 3 aromatic rings. The summed E-state index contributed by atoms with van der Waals surface area (Å²) < 4.78 is 26.3. The minimum atomic E-state index is -0.544. The Morgan fingerprint density at radius 3 is 2.58 bits per heavy atom. The van der Waals surface area contributed by atoms with Gasteiger partial charge in [0.05, 0.1) is 42.0 Å². The number of ether oxygens (including phenoxy) is 2. The van der Waals surface area contributed by atoms with Crippen molar-refractivity contribution in [1.29, 1.82) is 0 Å². The van der Waals surface area contributed by atoms with E-state index in [4.69, 9.17) is 28.9 Å². The molecule has 2 saturated heterocycles. The van der Waals surface area contributed by atoms with Gasteiger partial charge < -0.3 is 23.7 Å². The summed E-state index contributed by atoms with van der Waals surface area (Å²) in [5, 5.41) is 5.81. The van der Waals surface area contributed by atoms with Gasteiger partial charge in [-0.25, -0.2) is 14.2 Å². The second-order valence-electron chi connectivity index (χ2n) is 12.3. The maximum absolute atomic E-state index is 12.6. The molecule has 0 N–H and O–H groups in total. The number of hydrogen-bond donors (Lipinski definition) is 0. The number of amides is 1. The van der Waals surface area contributed by atoms with Gasteiger partial charge in [0, 0.05) is 11.9 Å². The van der Waals surface area contributed by atoms with Gasteiger partial charge in [-0.3, -0.25) is 4.98 Å². The molecule has 5 rings (SSSR count).